The first-order valence-corrected chi connectivity index (χ1v) is 17.4. The lowest BCUT2D eigenvalue weighted by Gasteiger charge is -2.32. The lowest BCUT2D eigenvalue weighted by Crippen LogP contribution is -2.41. The maximum absolute atomic E-state index is 6.38. The van der Waals surface area contributed by atoms with E-state index in [1.165, 1.54) is 94.6 Å². The molecule has 0 radical (unpaired) electrons. The molecule has 0 atom stereocenters. The van der Waals surface area contributed by atoms with E-state index in [0.29, 0.717) is 0 Å². The number of thiophene rings is 2. The van der Waals surface area contributed by atoms with Gasteiger partial charge < -0.3 is 9.31 Å². The molecule has 0 saturated carbocycles. The predicted molar refractivity (Wildman–Crippen MR) is 184 cm³/mol. The fraction of sp³-hybridized carbons (Fsp3) is 0.500. The SMILES string of the molecule is CCCCCCc1ccsc1C=Cc1ccc(C=Cc2sc(B3OC(C)(C)C(C)(C)O3)cc2CCCCCC)cc1. The largest absolute Gasteiger partial charge is 0.505 e. The zero-order valence-corrected chi connectivity index (χ0v) is 27.8. The summed E-state index contributed by atoms with van der Waals surface area (Å²) < 4.78 is 13.9. The van der Waals surface area contributed by atoms with Gasteiger partial charge in [-0.15, -0.1) is 22.7 Å². The second-order valence-corrected chi connectivity index (χ2v) is 14.5. The third-order valence-electron chi connectivity index (χ3n) is 8.52. The van der Waals surface area contributed by atoms with Crippen LogP contribution in [0.25, 0.3) is 24.3 Å². The van der Waals surface area contributed by atoms with Gasteiger partial charge in [0.2, 0.25) is 0 Å². The van der Waals surface area contributed by atoms with Gasteiger partial charge in [-0.3, -0.25) is 0 Å². The third kappa shape index (κ3) is 8.80. The lowest BCUT2D eigenvalue weighted by molar-refractivity contribution is 0.00578. The van der Waals surface area contributed by atoms with Crippen LogP contribution in [-0.4, -0.2) is 18.3 Å². The maximum atomic E-state index is 6.38. The molecular formula is C36H49BO2S2. The van der Waals surface area contributed by atoms with Crippen molar-refractivity contribution in [3.8, 4) is 0 Å². The van der Waals surface area contributed by atoms with Gasteiger partial charge >= 0.3 is 7.12 Å². The van der Waals surface area contributed by atoms with Crippen LogP contribution in [0.4, 0.5) is 0 Å². The summed E-state index contributed by atoms with van der Waals surface area (Å²) in [5, 5.41) is 2.23. The van der Waals surface area contributed by atoms with Gasteiger partial charge in [0, 0.05) is 14.5 Å². The van der Waals surface area contributed by atoms with E-state index < -0.39 is 0 Å². The first-order valence-electron chi connectivity index (χ1n) is 15.7. The minimum absolute atomic E-state index is 0.298. The Balaban J connectivity index is 1.43. The fourth-order valence-electron chi connectivity index (χ4n) is 5.12. The van der Waals surface area contributed by atoms with Gasteiger partial charge in [-0.2, -0.15) is 0 Å². The highest BCUT2D eigenvalue weighted by Gasteiger charge is 2.52. The zero-order chi connectivity index (χ0) is 29.3. The molecule has 41 heavy (non-hydrogen) atoms. The fourth-order valence-corrected chi connectivity index (χ4v) is 7.05. The third-order valence-corrected chi connectivity index (χ3v) is 10.6. The Hall–Kier alpha value is -1.92. The quantitative estimate of drug-likeness (QED) is 0.130. The van der Waals surface area contributed by atoms with Crippen LogP contribution in [0.1, 0.15) is 125 Å². The molecule has 2 nitrogen and oxygen atoms in total. The van der Waals surface area contributed by atoms with Crippen LogP contribution in [0.2, 0.25) is 0 Å². The number of benzene rings is 1. The number of hydrogen-bond acceptors (Lipinski definition) is 4. The van der Waals surface area contributed by atoms with Gasteiger partial charge in [-0.25, -0.2) is 0 Å². The molecule has 1 saturated heterocycles. The molecule has 3 aromatic rings. The van der Waals surface area contributed by atoms with E-state index in [-0.39, 0.29) is 18.3 Å². The average Bonchev–Trinajstić information content (AvgIpc) is 3.63. The van der Waals surface area contributed by atoms with Gasteiger partial charge in [0.1, 0.15) is 0 Å². The summed E-state index contributed by atoms with van der Waals surface area (Å²) in [7, 11) is -0.298. The van der Waals surface area contributed by atoms with Crippen LogP contribution in [0.3, 0.4) is 0 Å². The first-order chi connectivity index (χ1) is 19.7. The summed E-state index contributed by atoms with van der Waals surface area (Å²) in [6, 6.07) is 13.5. The summed E-state index contributed by atoms with van der Waals surface area (Å²) >= 11 is 3.66. The highest BCUT2D eigenvalue weighted by atomic mass is 32.1. The van der Waals surface area contributed by atoms with E-state index in [1.807, 2.05) is 22.7 Å². The molecule has 220 valence electrons. The topological polar surface area (TPSA) is 18.5 Å². The number of unbranched alkanes of at least 4 members (excludes halogenated alkanes) is 6. The Morgan fingerprint density at radius 3 is 1.76 bits per heavy atom. The van der Waals surface area contributed by atoms with Gasteiger partial charge in [0.25, 0.3) is 0 Å². The van der Waals surface area contributed by atoms with Gasteiger partial charge in [-0.1, -0.05) is 88.8 Å². The molecule has 5 heteroatoms. The minimum Gasteiger partial charge on any atom is -0.399 e. The Bertz CT molecular complexity index is 1260. The molecule has 2 aromatic heterocycles. The number of hydrogen-bond donors (Lipinski definition) is 0. The van der Waals surface area contributed by atoms with Crippen LogP contribution in [0.15, 0.2) is 41.8 Å². The Labute approximate surface area is 258 Å². The van der Waals surface area contributed by atoms with Gasteiger partial charge in [-0.05, 0) is 105 Å². The standard InChI is InChI=1S/C36H49BO2S2/c1-7-9-11-13-15-30-25-26-40-32(30)23-21-28-17-19-29(20-18-28)22-24-33-31(16-14-12-10-8-2)27-34(41-33)37-38-35(3,4)36(5,6)39-37/h17-27H,7-16H2,1-6H3. The van der Waals surface area contributed by atoms with Crippen LogP contribution in [0.5, 0.6) is 0 Å². The zero-order valence-electron chi connectivity index (χ0n) is 26.1. The van der Waals surface area contributed by atoms with Crippen molar-refractivity contribution in [2.75, 3.05) is 0 Å². The van der Waals surface area contributed by atoms with Gasteiger partial charge in [0.05, 0.1) is 11.2 Å². The van der Waals surface area contributed by atoms with Crippen LogP contribution in [0, 0.1) is 0 Å². The maximum Gasteiger partial charge on any atom is 0.505 e. The average molecular weight is 589 g/mol. The van der Waals surface area contributed by atoms with E-state index >= 15 is 0 Å². The molecule has 0 bridgehead atoms. The van der Waals surface area contributed by atoms with Crippen LogP contribution < -0.4 is 4.78 Å². The van der Waals surface area contributed by atoms with Crippen LogP contribution in [-0.2, 0) is 22.2 Å². The molecule has 3 heterocycles. The van der Waals surface area contributed by atoms with Crippen molar-refractivity contribution in [1.82, 2.24) is 0 Å². The molecular weight excluding hydrogens is 539 g/mol. The van der Waals surface area contributed by atoms with Crippen molar-refractivity contribution in [2.45, 2.75) is 117 Å². The van der Waals surface area contributed by atoms with Crippen molar-refractivity contribution >= 4 is 58.9 Å². The molecule has 1 fully saturated rings. The van der Waals surface area contributed by atoms with Crippen molar-refractivity contribution in [1.29, 1.82) is 0 Å². The second-order valence-electron chi connectivity index (χ2n) is 12.4. The van der Waals surface area contributed by atoms with Crippen molar-refractivity contribution in [2.24, 2.45) is 0 Å². The monoisotopic (exact) mass is 588 g/mol. The van der Waals surface area contributed by atoms with Crippen molar-refractivity contribution < 1.29 is 9.31 Å². The van der Waals surface area contributed by atoms with Crippen molar-refractivity contribution in [3.05, 3.63) is 73.8 Å². The van der Waals surface area contributed by atoms with E-state index in [2.05, 4.69) is 108 Å². The minimum atomic E-state index is -0.325. The van der Waals surface area contributed by atoms with E-state index in [1.54, 1.807) is 0 Å². The van der Waals surface area contributed by atoms with E-state index in [4.69, 9.17) is 9.31 Å². The van der Waals surface area contributed by atoms with E-state index in [0.717, 1.165) is 6.42 Å². The summed E-state index contributed by atoms with van der Waals surface area (Å²) in [4.78, 5) is 2.71. The second kappa shape index (κ2) is 15.0. The normalized spacial score (nSPS) is 16.5. The molecule has 1 aliphatic rings. The predicted octanol–water partition coefficient (Wildman–Crippen LogP) is 10.7. The molecule has 0 amide bonds. The summed E-state index contributed by atoms with van der Waals surface area (Å²) in [5.41, 5.74) is 4.71. The lowest BCUT2D eigenvalue weighted by atomic mass is 9.87. The highest BCUT2D eigenvalue weighted by Crippen LogP contribution is 2.37. The Morgan fingerprint density at radius 2 is 1.20 bits per heavy atom. The highest BCUT2D eigenvalue weighted by molar-refractivity contribution is 7.23. The molecule has 1 aromatic carbocycles. The molecule has 4 rings (SSSR count). The summed E-state index contributed by atoms with van der Waals surface area (Å²) in [5.74, 6) is 0. The Morgan fingerprint density at radius 1 is 0.659 bits per heavy atom. The first kappa shape index (κ1) is 32.0. The molecule has 0 unspecified atom stereocenters. The molecule has 0 aliphatic carbocycles. The number of aryl methyl sites for hydroxylation is 2. The Kier molecular flexibility index (Phi) is 11.7. The van der Waals surface area contributed by atoms with E-state index in [9.17, 15) is 0 Å². The molecule has 1 aliphatic heterocycles. The molecule has 0 spiro atoms. The smallest absolute Gasteiger partial charge is 0.399 e. The van der Waals surface area contributed by atoms with Crippen LogP contribution >= 0.6 is 22.7 Å². The van der Waals surface area contributed by atoms with Gasteiger partial charge in [0.15, 0.2) is 0 Å². The molecule has 0 N–H and O–H groups in total. The summed E-state index contributed by atoms with van der Waals surface area (Å²) in [6.07, 6.45) is 21.7. The van der Waals surface area contributed by atoms with Crippen molar-refractivity contribution in [3.63, 3.8) is 0 Å². The number of rotatable bonds is 15. The summed E-state index contributed by atoms with van der Waals surface area (Å²) in [6.45, 7) is 13.0.